The summed E-state index contributed by atoms with van der Waals surface area (Å²) in [4.78, 5) is 42.0. The quantitative estimate of drug-likeness (QED) is 0.729. The number of aromatic nitrogens is 1. The van der Waals surface area contributed by atoms with E-state index in [9.17, 15) is 14.4 Å². The number of nitrogens with one attached hydrogen (secondary N) is 2. The van der Waals surface area contributed by atoms with E-state index < -0.39 is 18.5 Å². The maximum atomic E-state index is 12.3. The molecule has 1 aliphatic heterocycles. The molecular formula is C20H21ClN4O4. The lowest BCUT2D eigenvalue weighted by atomic mass is 9.97. The molecule has 29 heavy (non-hydrogen) atoms. The van der Waals surface area contributed by atoms with E-state index in [0.29, 0.717) is 36.8 Å². The van der Waals surface area contributed by atoms with Crippen molar-refractivity contribution in [2.75, 3.05) is 30.3 Å². The fourth-order valence-electron chi connectivity index (χ4n) is 2.93. The molecule has 3 rings (SSSR count). The van der Waals surface area contributed by atoms with E-state index in [-0.39, 0.29) is 11.9 Å². The molecule has 2 N–H and O–H groups in total. The Kier molecular flexibility index (Phi) is 7.02. The minimum absolute atomic E-state index is 0.196. The van der Waals surface area contributed by atoms with E-state index in [1.807, 2.05) is 30.3 Å². The van der Waals surface area contributed by atoms with Gasteiger partial charge in [0, 0.05) is 25.0 Å². The summed E-state index contributed by atoms with van der Waals surface area (Å²) in [6, 6.07) is 12.1. The largest absolute Gasteiger partial charge is 0.455 e. The third-order valence-corrected chi connectivity index (χ3v) is 4.70. The first kappa shape index (κ1) is 20.6. The molecule has 2 aromatic rings. The Bertz CT molecular complexity index is 853. The number of para-hydroxylation sites is 1. The number of benzene rings is 1. The first-order valence-corrected chi connectivity index (χ1v) is 9.58. The summed E-state index contributed by atoms with van der Waals surface area (Å²) < 4.78 is 5.11. The number of hydrogen-bond acceptors (Lipinski definition) is 5. The Hall–Kier alpha value is -3.13. The van der Waals surface area contributed by atoms with Crippen LogP contribution in [0.3, 0.4) is 0 Å². The van der Waals surface area contributed by atoms with Crippen LogP contribution in [0.5, 0.6) is 0 Å². The Balaban J connectivity index is 1.38. The highest BCUT2D eigenvalue weighted by molar-refractivity contribution is 6.30. The third-order valence-electron chi connectivity index (χ3n) is 4.48. The van der Waals surface area contributed by atoms with Gasteiger partial charge in [-0.05, 0) is 37.1 Å². The lowest BCUT2D eigenvalue weighted by Gasteiger charge is -2.30. The Labute approximate surface area is 173 Å². The van der Waals surface area contributed by atoms with Gasteiger partial charge in [-0.1, -0.05) is 29.8 Å². The van der Waals surface area contributed by atoms with Crippen molar-refractivity contribution in [1.29, 1.82) is 0 Å². The zero-order valence-electron chi connectivity index (χ0n) is 15.6. The minimum Gasteiger partial charge on any atom is -0.455 e. The summed E-state index contributed by atoms with van der Waals surface area (Å²) in [7, 11) is 0. The summed E-state index contributed by atoms with van der Waals surface area (Å²) in [6.07, 6.45) is 2.38. The molecule has 1 aromatic heterocycles. The lowest BCUT2D eigenvalue weighted by molar-refractivity contribution is -0.152. The average molecular weight is 417 g/mol. The highest BCUT2D eigenvalue weighted by Crippen LogP contribution is 2.20. The molecule has 152 valence electrons. The summed E-state index contributed by atoms with van der Waals surface area (Å²) in [5.74, 6) is -0.925. The first-order valence-electron chi connectivity index (χ1n) is 9.20. The number of anilines is 2. The van der Waals surface area contributed by atoms with E-state index in [1.165, 1.54) is 6.20 Å². The van der Waals surface area contributed by atoms with Crippen molar-refractivity contribution in [2.24, 2.45) is 5.92 Å². The molecule has 0 radical (unpaired) electrons. The van der Waals surface area contributed by atoms with Gasteiger partial charge in [0.15, 0.2) is 6.61 Å². The van der Waals surface area contributed by atoms with Crippen LogP contribution in [0.15, 0.2) is 48.7 Å². The maximum Gasteiger partial charge on any atom is 0.321 e. The predicted molar refractivity (Wildman–Crippen MR) is 109 cm³/mol. The number of halogens is 1. The zero-order valence-corrected chi connectivity index (χ0v) is 16.4. The van der Waals surface area contributed by atoms with Crippen LogP contribution >= 0.6 is 11.6 Å². The molecule has 8 nitrogen and oxygen atoms in total. The number of esters is 1. The molecule has 0 saturated carbocycles. The smallest absolute Gasteiger partial charge is 0.321 e. The molecule has 0 aliphatic carbocycles. The molecule has 0 atom stereocenters. The SMILES string of the molecule is O=C(COC(=O)C1CCN(C(=O)Nc2ccccc2)CC1)Nc1ccc(Cl)cn1. The van der Waals surface area contributed by atoms with E-state index in [4.69, 9.17) is 16.3 Å². The monoisotopic (exact) mass is 416 g/mol. The second kappa shape index (κ2) is 9.88. The average Bonchev–Trinajstić information content (AvgIpc) is 2.74. The number of amides is 3. The van der Waals surface area contributed by atoms with E-state index in [2.05, 4.69) is 15.6 Å². The van der Waals surface area contributed by atoms with Crippen molar-refractivity contribution < 1.29 is 19.1 Å². The summed E-state index contributed by atoms with van der Waals surface area (Å²) in [5.41, 5.74) is 0.722. The van der Waals surface area contributed by atoms with Crippen LogP contribution in [0.4, 0.5) is 16.3 Å². The number of urea groups is 1. The molecule has 1 fully saturated rings. The molecule has 2 heterocycles. The fourth-order valence-corrected chi connectivity index (χ4v) is 3.04. The van der Waals surface area contributed by atoms with Gasteiger partial charge >= 0.3 is 12.0 Å². The standard InChI is InChI=1S/C20H21ClN4O4/c21-15-6-7-17(22-12-15)24-18(26)13-29-19(27)14-8-10-25(11-9-14)20(28)23-16-4-2-1-3-5-16/h1-7,12,14H,8-11,13H2,(H,23,28)(H,22,24,26). The van der Waals surface area contributed by atoms with Crippen molar-refractivity contribution in [1.82, 2.24) is 9.88 Å². The predicted octanol–water partition coefficient (Wildman–Crippen LogP) is 3.16. The Morgan fingerprint density at radius 3 is 2.45 bits per heavy atom. The normalized spacial score (nSPS) is 14.2. The lowest BCUT2D eigenvalue weighted by Crippen LogP contribution is -2.43. The van der Waals surface area contributed by atoms with Gasteiger partial charge < -0.3 is 20.3 Å². The summed E-state index contributed by atoms with van der Waals surface area (Å²) in [6.45, 7) is 0.497. The van der Waals surface area contributed by atoms with Crippen molar-refractivity contribution in [2.45, 2.75) is 12.8 Å². The number of rotatable bonds is 5. The second-order valence-electron chi connectivity index (χ2n) is 6.58. The van der Waals surface area contributed by atoms with Crippen molar-refractivity contribution >= 4 is 41.0 Å². The molecule has 3 amide bonds. The minimum atomic E-state index is -0.479. The molecule has 1 saturated heterocycles. The van der Waals surface area contributed by atoms with Gasteiger partial charge in [0.25, 0.3) is 5.91 Å². The molecule has 0 bridgehead atoms. The summed E-state index contributed by atoms with van der Waals surface area (Å²) in [5, 5.41) is 5.81. The van der Waals surface area contributed by atoms with E-state index in [1.54, 1.807) is 17.0 Å². The Morgan fingerprint density at radius 1 is 1.07 bits per heavy atom. The number of pyridine rings is 1. The molecule has 1 aliphatic rings. The van der Waals surface area contributed by atoms with Gasteiger partial charge in [-0.15, -0.1) is 0 Å². The number of hydrogen-bond donors (Lipinski definition) is 2. The molecule has 0 spiro atoms. The third kappa shape index (κ3) is 6.18. The van der Waals surface area contributed by atoms with Crippen molar-refractivity contribution in [3.05, 3.63) is 53.7 Å². The van der Waals surface area contributed by atoms with Crippen LogP contribution < -0.4 is 10.6 Å². The van der Waals surface area contributed by atoms with E-state index in [0.717, 1.165) is 5.69 Å². The van der Waals surface area contributed by atoms with Crippen LogP contribution in [0, 0.1) is 5.92 Å². The van der Waals surface area contributed by atoms with Gasteiger partial charge in [0.05, 0.1) is 10.9 Å². The van der Waals surface area contributed by atoms with Gasteiger partial charge in [-0.3, -0.25) is 9.59 Å². The van der Waals surface area contributed by atoms with Gasteiger partial charge in [0.1, 0.15) is 5.82 Å². The van der Waals surface area contributed by atoms with Crippen LogP contribution in [-0.2, 0) is 14.3 Å². The molecular weight excluding hydrogens is 396 g/mol. The van der Waals surface area contributed by atoms with Crippen LogP contribution in [-0.4, -0.2) is 47.5 Å². The summed E-state index contributed by atoms with van der Waals surface area (Å²) >= 11 is 5.73. The zero-order chi connectivity index (χ0) is 20.6. The van der Waals surface area contributed by atoms with Crippen molar-refractivity contribution in [3.8, 4) is 0 Å². The number of piperidine rings is 1. The number of carbonyl (C=O) groups is 3. The highest BCUT2D eigenvalue weighted by Gasteiger charge is 2.28. The highest BCUT2D eigenvalue weighted by atomic mass is 35.5. The maximum absolute atomic E-state index is 12.3. The first-order chi connectivity index (χ1) is 14.0. The number of likely N-dealkylation sites (tertiary alicyclic amines) is 1. The van der Waals surface area contributed by atoms with Crippen LogP contribution in [0.1, 0.15) is 12.8 Å². The number of ether oxygens (including phenoxy) is 1. The molecule has 1 aromatic carbocycles. The van der Waals surface area contributed by atoms with Crippen LogP contribution in [0.2, 0.25) is 5.02 Å². The van der Waals surface area contributed by atoms with Crippen LogP contribution in [0.25, 0.3) is 0 Å². The van der Waals surface area contributed by atoms with Gasteiger partial charge in [-0.2, -0.15) is 0 Å². The molecule has 0 unspecified atom stereocenters. The van der Waals surface area contributed by atoms with Gasteiger partial charge in [0.2, 0.25) is 0 Å². The van der Waals surface area contributed by atoms with Crippen molar-refractivity contribution in [3.63, 3.8) is 0 Å². The number of carbonyl (C=O) groups excluding carboxylic acids is 3. The number of nitrogens with zero attached hydrogens (tertiary/aromatic N) is 2. The molecule has 9 heteroatoms. The second-order valence-corrected chi connectivity index (χ2v) is 7.01. The van der Waals surface area contributed by atoms with E-state index >= 15 is 0 Å². The topological polar surface area (TPSA) is 101 Å². The Morgan fingerprint density at radius 2 is 1.79 bits per heavy atom. The fraction of sp³-hybridized carbons (Fsp3) is 0.300. The van der Waals surface area contributed by atoms with Gasteiger partial charge in [-0.25, -0.2) is 9.78 Å².